The first-order chi connectivity index (χ1) is 12.5. The summed E-state index contributed by atoms with van der Waals surface area (Å²) in [7, 11) is -1.55. The molecule has 0 aromatic heterocycles. The van der Waals surface area contributed by atoms with Crippen molar-refractivity contribution in [2.45, 2.75) is 26.7 Å². The molecule has 2 aromatic carbocycles. The molecule has 1 radical (unpaired) electrons. The molecule has 26 heavy (non-hydrogen) atoms. The summed E-state index contributed by atoms with van der Waals surface area (Å²) in [6.07, 6.45) is 5.44. The first-order valence-corrected chi connectivity index (χ1v) is 10.3. The summed E-state index contributed by atoms with van der Waals surface area (Å²) in [4.78, 5) is 0.356. The minimum absolute atomic E-state index is 0.356. The van der Waals surface area contributed by atoms with E-state index in [0.717, 1.165) is 35.0 Å². The normalized spacial score (nSPS) is 15.5. The summed E-state index contributed by atoms with van der Waals surface area (Å²) < 4.78 is 27.9. The van der Waals surface area contributed by atoms with Crippen molar-refractivity contribution < 1.29 is 8.42 Å². The molecule has 0 aliphatic carbocycles. The molecule has 0 saturated carbocycles. The van der Waals surface area contributed by atoms with Crippen molar-refractivity contribution in [2.75, 3.05) is 10.8 Å². The Kier molecular flexibility index (Phi) is 5.67. The van der Waals surface area contributed by atoms with Crippen LogP contribution < -0.4 is 9.77 Å². The zero-order chi connectivity index (χ0) is 18.6. The fourth-order valence-corrected chi connectivity index (χ4v) is 4.62. The lowest BCUT2D eigenvalue weighted by Gasteiger charge is -2.30. The SMILES string of the molecule is C/C=C([B]c1ccccc1)\C=C(/C)S(=O)(=O)N1CCCc2ccccc21. The maximum absolute atomic E-state index is 13.2. The van der Waals surface area contributed by atoms with E-state index in [2.05, 4.69) is 0 Å². The van der Waals surface area contributed by atoms with Crippen LogP contribution >= 0.6 is 0 Å². The highest BCUT2D eigenvalue weighted by Crippen LogP contribution is 2.31. The average molecular weight is 364 g/mol. The Bertz CT molecular complexity index is 933. The second-order valence-corrected chi connectivity index (χ2v) is 8.44. The van der Waals surface area contributed by atoms with Crippen molar-refractivity contribution in [3.63, 3.8) is 0 Å². The third kappa shape index (κ3) is 3.93. The number of nitrogens with zero attached hydrogens (tertiary/aromatic N) is 1. The summed E-state index contributed by atoms with van der Waals surface area (Å²) in [5, 5.41) is 0. The second-order valence-electron chi connectivity index (χ2n) is 6.41. The first kappa shape index (κ1) is 18.5. The lowest BCUT2D eigenvalue weighted by Crippen LogP contribution is -2.35. The number of hydrogen-bond donors (Lipinski definition) is 0. The Morgan fingerprint density at radius 3 is 2.50 bits per heavy atom. The van der Waals surface area contributed by atoms with Crippen LogP contribution in [0.3, 0.4) is 0 Å². The van der Waals surface area contributed by atoms with Gasteiger partial charge in [-0.3, -0.25) is 4.31 Å². The molecule has 0 N–H and O–H groups in total. The van der Waals surface area contributed by atoms with Crippen LogP contribution in [0.1, 0.15) is 25.8 Å². The van der Waals surface area contributed by atoms with Gasteiger partial charge in [0, 0.05) is 6.54 Å². The summed E-state index contributed by atoms with van der Waals surface area (Å²) >= 11 is 0. The third-order valence-electron chi connectivity index (χ3n) is 4.60. The van der Waals surface area contributed by atoms with E-state index >= 15 is 0 Å². The maximum atomic E-state index is 13.2. The maximum Gasteiger partial charge on any atom is 0.260 e. The molecule has 3 nitrogen and oxygen atoms in total. The summed E-state index contributed by atoms with van der Waals surface area (Å²) in [5.41, 5.74) is 3.82. The van der Waals surface area contributed by atoms with E-state index in [1.165, 1.54) is 0 Å². The molecule has 0 atom stereocenters. The van der Waals surface area contributed by atoms with Crippen molar-refractivity contribution in [3.8, 4) is 0 Å². The molecule has 1 aliphatic heterocycles. The Labute approximate surface area is 157 Å². The molecular formula is C21H23BNO2S. The first-order valence-electron chi connectivity index (χ1n) is 8.87. The van der Waals surface area contributed by atoms with E-state index < -0.39 is 10.0 Å². The number of sulfonamides is 1. The minimum Gasteiger partial charge on any atom is -0.266 e. The van der Waals surface area contributed by atoms with Gasteiger partial charge >= 0.3 is 0 Å². The Balaban J connectivity index is 1.88. The van der Waals surface area contributed by atoms with Gasteiger partial charge < -0.3 is 0 Å². The van der Waals surface area contributed by atoms with Crippen LogP contribution in [0.2, 0.25) is 0 Å². The zero-order valence-corrected chi connectivity index (χ0v) is 16.0. The fraction of sp³-hybridized carbons (Fsp3) is 0.238. The van der Waals surface area contributed by atoms with Gasteiger partial charge in [0.2, 0.25) is 0 Å². The van der Waals surface area contributed by atoms with E-state index in [9.17, 15) is 8.42 Å². The van der Waals surface area contributed by atoms with Crippen LogP contribution in [-0.4, -0.2) is 22.2 Å². The molecule has 0 saturated heterocycles. The smallest absolute Gasteiger partial charge is 0.260 e. The van der Waals surface area contributed by atoms with E-state index in [-0.39, 0.29) is 0 Å². The van der Waals surface area contributed by atoms with Crippen molar-refractivity contribution in [2.24, 2.45) is 0 Å². The molecule has 0 bridgehead atoms. The minimum atomic E-state index is -3.54. The number of benzene rings is 2. The summed E-state index contributed by atoms with van der Waals surface area (Å²) in [5.74, 6) is 0. The number of hydrogen-bond acceptors (Lipinski definition) is 2. The molecular weight excluding hydrogens is 341 g/mol. The van der Waals surface area contributed by atoms with Crippen LogP contribution in [0, 0.1) is 0 Å². The lowest BCUT2D eigenvalue weighted by molar-refractivity contribution is 0.592. The monoisotopic (exact) mass is 364 g/mol. The summed E-state index contributed by atoms with van der Waals surface area (Å²) in [6.45, 7) is 4.12. The van der Waals surface area contributed by atoms with E-state index in [1.54, 1.807) is 17.3 Å². The molecule has 0 fully saturated rings. The average Bonchev–Trinajstić information content (AvgIpc) is 2.67. The fourth-order valence-electron chi connectivity index (χ4n) is 3.18. The lowest BCUT2D eigenvalue weighted by atomic mass is 9.63. The van der Waals surface area contributed by atoms with Crippen molar-refractivity contribution in [1.29, 1.82) is 0 Å². The predicted octanol–water partition coefficient (Wildman–Crippen LogP) is 3.61. The van der Waals surface area contributed by atoms with Gasteiger partial charge in [-0.1, -0.05) is 71.6 Å². The highest BCUT2D eigenvalue weighted by Gasteiger charge is 2.28. The quantitative estimate of drug-likeness (QED) is 0.601. The molecule has 0 amide bonds. The van der Waals surface area contributed by atoms with Crippen molar-refractivity contribution in [3.05, 3.63) is 82.7 Å². The van der Waals surface area contributed by atoms with E-state index in [4.69, 9.17) is 0 Å². The van der Waals surface area contributed by atoms with E-state index in [1.807, 2.05) is 74.9 Å². The zero-order valence-electron chi connectivity index (χ0n) is 15.2. The van der Waals surface area contributed by atoms with Gasteiger partial charge in [0.05, 0.1) is 10.6 Å². The molecule has 5 heteroatoms. The standard InChI is InChI=1S/C21H23BNO2S/c1-3-19(22-20-12-5-4-6-13-20)16-17(2)26(24,25)23-15-9-11-18-10-7-8-14-21(18)23/h3-8,10,12-14,16H,9,11,15H2,1-2H3/b17-16+,19-3+. The molecule has 133 valence electrons. The molecule has 1 heterocycles. The van der Waals surface area contributed by atoms with Crippen LogP contribution in [0.15, 0.2) is 77.1 Å². The van der Waals surface area contributed by atoms with Crippen molar-refractivity contribution in [1.82, 2.24) is 0 Å². The Hall–Kier alpha value is -2.27. The van der Waals surface area contributed by atoms with Crippen LogP contribution in [0.4, 0.5) is 5.69 Å². The highest BCUT2D eigenvalue weighted by atomic mass is 32.2. The molecule has 3 rings (SSSR count). The number of fused-ring (bicyclic) bond motifs is 1. The number of aryl methyl sites for hydroxylation is 1. The Morgan fingerprint density at radius 2 is 1.77 bits per heavy atom. The van der Waals surface area contributed by atoms with Gasteiger partial charge in [-0.05, 0) is 38.3 Å². The van der Waals surface area contributed by atoms with Gasteiger partial charge in [-0.15, -0.1) is 0 Å². The van der Waals surface area contributed by atoms with Crippen LogP contribution in [-0.2, 0) is 16.4 Å². The number of rotatable bonds is 5. The summed E-state index contributed by atoms with van der Waals surface area (Å²) in [6, 6.07) is 17.7. The number of anilines is 1. The van der Waals surface area contributed by atoms with Gasteiger partial charge in [-0.25, -0.2) is 8.42 Å². The molecule has 2 aromatic rings. The van der Waals surface area contributed by atoms with Gasteiger partial charge in [0.1, 0.15) is 0 Å². The van der Waals surface area contributed by atoms with Gasteiger partial charge in [0.25, 0.3) is 10.0 Å². The molecule has 0 spiro atoms. The van der Waals surface area contributed by atoms with Crippen LogP contribution in [0.5, 0.6) is 0 Å². The highest BCUT2D eigenvalue weighted by molar-refractivity contribution is 7.96. The Morgan fingerprint density at radius 1 is 1.08 bits per heavy atom. The van der Waals surface area contributed by atoms with Crippen molar-refractivity contribution >= 4 is 28.5 Å². The number of allylic oxidation sites excluding steroid dienone is 4. The second kappa shape index (κ2) is 7.96. The van der Waals surface area contributed by atoms with Gasteiger partial charge in [0.15, 0.2) is 7.28 Å². The topological polar surface area (TPSA) is 37.4 Å². The molecule has 1 aliphatic rings. The van der Waals surface area contributed by atoms with E-state index in [0.29, 0.717) is 11.4 Å². The predicted molar refractivity (Wildman–Crippen MR) is 110 cm³/mol. The van der Waals surface area contributed by atoms with Gasteiger partial charge in [-0.2, -0.15) is 0 Å². The number of para-hydroxylation sites is 1. The van der Waals surface area contributed by atoms with Crippen LogP contribution in [0.25, 0.3) is 0 Å². The third-order valence-corrected chi connectivity index (χ3v) is 6.49. The molecule has 0 unspecified atom stereocenters. The largest absolute Gasteiger partial charge is 0.266 e.